The van der Waals surface area contributed by atoms with Gasteiger partial charge < -0.3 is 0 Å². The fraction of sp³-hybridized carbons (Fsp3) is 0.111. The van der Waals surface area contributed by atoms with Crippen molar-refractivity contribution in [2.45, 2.75) is 13.1 Å². The van der Waals surface area contributed by atoms with Gasteiger partial charge in [0.05, 0.1) is 10.6 Å². The maximum Gasteiger partial charge on any atom is 0.315 e. The first-order valence-electron chi connectivity index (χ1n) is 7.75. The Balaban J connectivity index is 2.06. The number of carbonyl (C=O) groups is 1. The summed E-state index contributed by atoms with van der Waals surface area (Å²) in [6, 6.07) is 16.6. The van der Waals surface area contributed by atoms with Crippen LogP contribution in [0.25, 0.3) is 11.3 Å². The number of carbonyl (C=O) groups excluding carboxylic acids is 1. The van der Waals surface area contributed by atoms with E-state index in [9.17, 15) is 14.9 Å². The van der Waals surface area contributed by atoms with E-state index in [1.807, 2.05) is 36.4 Å². The van der Waals surface area contributed by atoms with Crippen LogP contribution in [0.2, 0.25) is 0 Å². The molecule has 1 atom stereocenters. The lowest BCUT2D eigenvalue weighted by molar-refractivity contribution is -0.384. The van der Waals surface area contributed by atoms with Crippen molar-refractivity contribution in [3.05, 3.63) is 76.5 Å². The van der Waals surface area contributed by atoms with Crippen LogP contribution in [-0.2, 0) is 4.79 Å². The molecule has 2 heterocycles. The third kappa shape index (κ3) is 2.20. The number of para-hydroxylation sites is 1. The van der Waals surface area contributed by atoms with Crippen LogP contribution in [0.1, 0.15) is 18.7 Å². The molecule has 1 aliphatic heterocycles. The number of benzene rings is 2. The molecule has 1 aromatic heterocycles. The zero-order valence-corrected chi connectivity index (χ0v) is 13.4. The Morgan fingerprint density at radius 1 is 1.12 bits per heavy atom. The van der Waals surface area contributed by atoms with Gasteiger partial charge in [0.1, 0.15) is 6.20 Å². The molecule has 1 aliphatic rings. The molecule has 2 aromatic carbocycles. The second-order valence-corrected chi connectivity index (χ2v) is 5.77. The SMILES string of the molecule is CC(=O)N1c2ccccc2-c2c([N+](=O)[O-])cnn2C1c1ccccc1. The standard InChI is InChI=1S/C18H14N4O3/c1-12(23)20-15-10-6-5-9-14(15)17-16(22(24)25)11-19-21(17)18(20)13-7-3-2-4-8-13/h2-11,18H,1H3. The zero-order valence-electron chi connectivity index (χ0n) is 13.4. The van der Waals surface area contributed by atoms with Gasteiger partial charge in [0.2, 0.25) is 5.91 Å². The predicted octanol–water partition coefficient (Wildman–Crippen LogP) is 3.37. The molecule has 1 amide bonds. The third-order valence-corrected chi connectivity index (χ3v) is 4.30. The predicted molar refractivity (Wildman–Crippen MR) is 92.1 cm³/mol. The van der Waals surface area contributed by atoms with Crippen molar-refractivity contribution in [3.63, 3.8) is 0 Å². The van der Waals surface area contributed by atoms with Crippen LogP contribution >= 0.6 is 0 Å². The van der Waals surface area contributed by atoms with E-state index in [-0.39, 0.29) is 11.6 Å². The van der Waals surface area contributed by atoms with Gasteiger partial charge in [-0.05, 0) is 11.6 Å². The largest absolute Gasteiger partial charge is 0.315 e. The summed E-state index contributed by atoms with van der Waals surface area (Å²) in [6.07, 6.45) is 0.670. The van der Waals surface area contributed by atoms with Gasteiger partial charge in [-0.25, -0.2) is 4.68 Å². The molecule has 0 aliphatic carbocycles. The van der Waals surface area contributed by atoms with E-state index < -0.39 is 11.1 Å². The van der Waals surface area contributed by atoms with Gasteiger partial charge in [-0.15, -0.1) is 0 Å². The quantitative estimate of drug-likeness (QED) is 0.531. The maximum absolute atomic E-state index is 12.4. The molecule has 4 rings (SSSR count). The van der Waals surface area contributed by atoms with Crippen molar-refractivity contribution < 1.29 is 9.72 Å². The number of amides is 1. The van der Waals surface area contributed by atoms with Crippen LogP contribution in [0.4, 0.5) is 11.4 Å². The van der Waals surface area contributed by atoms with Crippen LogP contribution in [0, 0.1) is 10.1 Å². The van der Waals surface area contributed by atoms with Crippen molar-refractivity contribution in [3.8, 4) is 11.3 Å². The van der Waals surface area contributed by atoms with E-state index in [0.717, 1.165) is 5.56 Å². The molecule has 0 spiro atoms. The van der Waals surface area contributed by atoms with E-state index in [1.165, 1.54) is 13.1 Å². The molecule has 0 saturated heterocycles. The summed E-state index contributed by atoms with van der Waals surface area (Å²) in [4.78, 5) is 25.1. The van der Waals surface area contributed by atoms with Crippen LogP contribution < -0.4 is 4.90 Å². The molecule has 3 aromatic rings. The third-order valence-electron chi connectivity index (χ3n) is 4.30. The Bertz CT molecular complexity index is 981. The van der Waals surface area contributed by atoms with Crippen molar-refractivity contribution in [2.75, 3.05) is 4.90 Å². The van der Waals surface area contributed by atoms with E-state index in [1.54, 1.807) is 27.8 Å². The van der Waals surface area contributed by atoms with Gasteiger partial charge in [0.25, 0.3) is 0 Å². The fourth-order valence-corrected chi connectivity index (χ4v) is 3.32. The van der Waals surface area contributed by atoms with Gasteiger partial charge in [0.15, 0.2) is 11.9 Å². The number of rotatable bonds is 2. The zero-order chi connectivity index (χ0) is 17.6. The van der Waals surface area contributed by atoms with Crippen molar-refractivity contribution >= 4 is 17.3 Å². The molecule has 124 valence electrons. The number of hydrogen-bond acceptors (Lipinski definition) is 4. The van der Waals surface area contributed by atoms with Gasteiger partial charge in [-0.2, -0.15) is 5.10 Å². The molecular weight excluding hydrogens is 320 g/mol. The maximum atomic E-state index is 12.4. The fourth-order valence-electron chi connectivity index (χ4n) is 3.32. The first-order chi connectivity index (χ1) is 12.1. The first-order valence-corrected chi connectivity index (χ1v) is 7.75. The summed E-state index contributed by atoms with van der Waals surface area (Å²) in [7, 11) is 0. The highest BCUT2D eigenvalue weighted by molar-refractivity contribution is 5.99. The summed E-state index contributed by atoms with van der Waals surface area (Å²) < 4.78 is 1.55. The van der Waals surface area contributed by atoms with Gasteiger partial charge in [-0.3, -0.25) is 19.8 Å². The minimum absolute atomic E-state index is 0.0726. The topological polar surface area (TPSA) is 81.3 Å². The molecule has 0 N–H and O–H groups in total. The Morgan fingerprint density at radius 3 is 2.48 bits per heavy atom. The molecule has 0 bridgehead atoms. The summed E-state index contributed by atoms with van der Waals surface area (Å²) in [5.41, 5.74) is 2.42. The highest BCUT2D eigenvalue weighted by Gasteiger charge is 2.39. The molecular formula is C18H14N4O3. The number of aromatic nitrogens is 2. The van der Waals surface area contributed by atoms with Crippen LogP contribution in [0.15, 0.2) is 60.8 Å². The van der Waals surface area contributed by atoms with E-state index in [4.69, 9.17) is 0 Å². The smallest absolute Gasteiger partial charge is 0.285 e. The lowest BCUT2D eigenvalue weighted by atomic mass is 10.0. The molecule has 1 unspecified atom stereocenters. The van der Waals surface area contributed by atoms with Crippen LogP contribution in [-0.4, -0.2) is 20.6 Å². The monoisotopic (exact) mass is 334 g/mol. The number of nitro groups is 1. The Morgan fingerprint density at radius 2 is 1.80 bits per heavy atom. The highest BCUT2D eigenvalue weighted by atomic mass is 16.6. The Hall–Kier alpha value is -3.48. The van der Waals surface area contributed by atoms with Crippen LogP contribution in [0.5, 0.6) is 0 Å². The van der Waals surface area contributed by atoms with E-state index in [0.29, 0.717) is 16.9 Å². The van der Waals surface area contributed by atoms with Crippen molar-refractivity contribution in [1.29, 1.82) is 0 Å². The van der Waals surface area contributed by atoms with Crippen LogP contribution in [0.3, 0.4) is 0 Å². The highest BCUT2D eigenvalue weighted by Crippen LogP contribution is 2.46. The van der Waals surface area contributed by atoms with Gasteiger partial charge in [-0.1, -0.05) is 48.5 Å². The number of nitrogens with zero attached hydrogens (tertiary/aromatic N) is 4. The first kappa shape index (κ1) is 15.1. The Kier molecular flexibility index (Phi) is 3.35. The van der Waals surface area contributed by atoms with Crippen molar-refractivity contribution in [2.24, 2.45) is 0 Å². The van der Waals surface area contributed by atoms with Gasteiger partial charge in [0, 0.05) is 12.5 Å². The summed E-state index contributed by atoms with van der Waals surface area (Å²) in [6.45, 7) is 1.48. The molecule has 7 heteroatoms. The summed E-state index contributed by atoms with van der Waals surface area (Å²) >= 11 is 0. The average Bonchev–Trinajstić information content (AvgIpc) is 3.06. The number of fused-ring (bicyclic) bond motifs is 3. The molecule has 0 fully saturated rings. The van der Waals surface area contributed by atoms with Crippen molar-refractivity contribution in [1.82, 2.24) is 9.78 Å². The summed E-state index contributed by atoms with van der Waals surface area (Å²) in [5, 5.41) is 15.7. The second-order valence-electron chi connectivity index (χ2n) is 5.77. The van der Waals surface area contributed by atoms with E-state index in [2.05, 4.69) is 5.10 Å². The lowest BCUT2D eigenvalue weighted by Crippen LogP contribution is -2.40. The molecule has 25 heavy (non-hydrogen) atoms. The Labute approximate surface area is 143 Å². The molecule has 0 radical (unpaired) electrons. The number of anilines is 1. The summed E-state index contributed by atoms with van der Waals surface area (Å²) in [5.74, 6) is -0.162. The minimum atomic E-state index is -0.572. The second kappa shape index (κ2) is 5.55. The molecule has 7 nitrogen and oxygen atoms in total. The molecule has 0 saturated carbocycles. The normalized spacial score (nSPS) is 15.4. The van der Waals surface area contributed by atoms with Gasteiger partial charge >= 0.3 is 5.69 Å². The minimum Gasteiger partial charge on any atom is -0.285 e. The average molecular weight is 334 g/mol. The van der Waals surface area contributed by atoms with E-state index >= 15 is 0 Å². The number of hydrogen-bond donors (Lipinski definition) is 0. The lowest BCUT2D eigenvalue weighted by Gasteiger charge is -2.37.